The summed E-state index contributed by atoms with van der Waals surface area (Å²) in [5, 5.41) is 7.71. The van der Waals surface area contributed by atoms with Crippen LogP contribution in [0.1, 0.15) is 10.4 Å². The topological polar surface area (TPSA) is 92.5 Å². The fourth-order valence-corrected chi connectivity index (χ4v) is 2.42. The number of anilines is 2. The van der Waals surface area contributed by atoms with Crippen LogP contribution in [0.3, 0.4) is 0 Å². The minimum Gasteiger partial charge on any atom is -0.378 e. The van der Waals surface area contributed by atoms with Gasteiger partial charge in [0.05, 0.1) is 4.90 Å². The molecule has 0 saturated heterocycles. The first-order valence-corrected chi connectivity index (χ1v) is 8.03. The highest BCUT2D eigenvalue weighted by Crippen LogP contribution is 2.17. The van der Waals surface area contributed by atoms with Gasteiger partial charge in [0.15, 0.2) is 0 Å². The maximum Gasteiger partial charge on any atom is 0.255 e. The summed E-state index contributed by atoms with van der Waals surface area (Å²) in [5.74, 6) is -0.322. The van der Waals surface area contributed by atoms with Crippen molar-refractivity contribution >= 4 is 27.3 Å². The third kappa shape index (κ3) is 3.84. The van der Waals surface area contributed by atoms with E-state index in [2.05, 4.69) is 5.32 Å². The number of nitrogens with zero attached hydrogens (tertiary/aromatic N) is 1. The average molecular weight is 319 g/mol. The van der Waals surface area contributed by atoms with Gasteiger partial charge in [0.2, 0.25) is 10.0 Å². The molecule has 0 fully saturated rings. The van der Waals surface area contributed by atoms with Crippen LogP contribution in [0, 0.1) is 0 Å². The lowest BCUT2D eigenvalue weighted by atomic mass is 10.2. The van der Waals surface area contributed by atoms with Crippen LogP contribution in [0.25, 0.3) is 0 Å². The Morgan fingerprint density at radius 3 is 2.27 bits per heavy atom. The molecule has 0 aliphatic heterocycles. The first-order chi connectivity index (χ1) is 10.3. The van der Waals surface area contributed by atoms with E-state index >= 15 is 0 Å². The predicted octanol–water partition coefficient (Wildman–Crippen LogP) is 1.65. The number of nitrogens with two attached hydrogens (primary N) is 1. The van der Waals surface area contributed by atoms with Crippen molar-refractivity contribution in [2.75, 3.05) is 24.3 Å². The molecule has 2 rings (SSSR count). The molecule has 0 atom stereocenters. The molecule has 0 aromatic heterocycles. The lowest BCUT2D eigenvalue weighted by molar-refractivity contribution is 0.102. The van der Waals surface area contributed by atoms with E-state index in [4.69, 9.17) is 5.14 Å². The van der Waals surface area contributed by atoms with E-state index in [1.165, 1.54) is 18.2 Å². The van der Waals surface area contributed by atoms with Crippen LogP contribution in [0.5, 0.6) is 0 Å². The Labute approximate surface area is 129 Å². The van der Waals surface area contributed by atoms with E-state index in [1.807, 2.05) is 31.1 Å². The first-order valence-electron chi connectivity index (χ1n) is 6.49. The minimum absolute atomic E-state index is 0.0479. The summed E-state index contributed by atoms with van der Waals surface area (Å²) in [7, 11) is 0.0234. The second-order valence-electron chi connectivity index (χ2n) is 4.97. The second-order valence-corrected chi connectivity index (χ2v) is 6.53. The van der Waals surface area contributed by atoms with E-state index in [0.717, 1.165) is 5.69 Å². The molecular formula is C15H17N3O3S. The number of hydrogen-bond acceptors (Lipinski definition) is 4. The fourth-order valence-electron chi connectivity index (χ4n) is 1.87. The van der Waals surface area contributed by atoms with E-state index in [-0.39, 0.29) is 10.8 Å². The standard InChI is InChI=1S/C15H17N3O3S/c1-18(2)13-8-6-11(7-9-13)15(19)17-12-4-3-5-14(10-12)22(16,20)21/h3-10H,1-2H3,(H,17,19)(H2,16,20,21). The Bertz CT molecular complexity index is 784. The summed E-state index contributed by atoms with van der Waals surface area (Å²) >= 11 is 0. The minimum atomic E-state index is -3.80. The molecule has 0 heterocycles. The van der Waals surface area contributed by atoms with Crippen LogP contribution >= 0.6 is 0 Å². The highest BCUT2D eigenvalue weighted by Gasteiger charge is 2.10. The van der Waals surface area contributed by atoms with Crippen molar-refractivity contribution < 1.29 is 13.2 Å². The van der Waals surface area contributed by atoms with Crippen molar-refractivity contribution in [2.24, 2.45) is 5.14 Å². The molecule has 2 aromatic carbocycles. The van der Waals surface area contributed by atoms with Gasteiger partial charge in [0, 0.05) is 31.0 Å². The highest BCUT2D eigenvalue weighted by molar-refractivity contribution is 7.89. The summed E-state index contributed by atoms with van der Waals surface area (Å²) < 4.78 is 22.6. The molecule has 0 radical (unpaired) electrons. The summed E-state index contributed by atoms with van der Waals surface area (Å²) in [5.41, 5.74) is 1.83. The average Bonchev–Trinajstić information content (AvgIpc) is 2.46. The van der Waals surface area contributed by atoms with E-state index in [1.54, 1.807) is 18.2 Å². The van der Waals surface area contributed by atoms with Gasteiger partial charge in [-0.1, -0.05) is 6.07 Å². The Morgan fingerprint density at radius 1 is 1.09 bits per heavy atom. The fraction of sp³-hybridized carbons (Fsp3) is 0.133. The van der Waals surface area contributed by atoms with Gasteiger partial charge in [-0.15, -0.1) is 0 Å². The van der Waals surface area contributed by atoms with Gasteiger partial charge in [-0.2, -0.15) is 0 Å². The summed E-state index contributed by atoms with van der Waals surface area (Å²) in [6.45, 7) is 0. The third-order valence-corrected chi connectivity index (χ3v) is 3.98. The van der Waals surface area contributed by atoms with Crippen molar-refractivity contribution in [2.45, 2.75) is 4.90 Å². The van der Waals surface area contributed by atoms with Gasteiger partial charge in [-0.05, 0) is 42.5 Å². The number of amides is 1. The van der Waals surface area contributed by atoms with Crippen LogP contribution in [0.2, 0.25) is 0 Å². The number of primary sulfonamides is 1. The van der Waals surface area contributed by atoms with Gasteiger partial charge in [0.25, 0.3) is 5.91 Å². The third-order valence-electron chi connectivity index (χ3n) is 3.07. The quantitative estimate of drug-likeness (QED) is 0.896. The number of nitrogens with one attached hydrogen (secondary N) is 1. The number of carbonyl (C=O) groups is 1. The number of hydrogen-bond donors (Lipinski definition) is 2. The van der Waals surface area contributed by atoms with Crippen LogP contribution in [0.4, 0.5) is 11.4 Å². The normalized spacial score (nSPS) is 11.0. The molecule has 0 aliphatic carbocycles. The van der Waals surface area contributed by atoms with Gasteiger partial charge in [-0.3, -0.25) is 4.79 Å². The largest absolute Gasteiger partial charge is 0.378 e. The van der Waals surface area contributed by atoms with Gasteiger partial charge < -0.3 is 10.2 Å². The Morgan fingerprint density at radius 2 is 1.73 bits per heavy atom. The summed E-state index contributed by atoms with van der Waals surface area (Å²) in [6.07, 6.45) is 0. The predicted molar refractivity (Wildman–Crippen MR) is 86.5 cm³/mol. The molecule has 1 amide bonds. The monoisotopic (exact) mass is 319 g/mol. The van der Waals surface area contributed by atoms with E-state index < -0.39 is 10.0 Å². The van der Waals surface area contributed by atoms with Crippen molar-refractivity contribution in [3.63, 3.8) is 0 Å². The van der Waals surface area contributed by atoms with Crippen LogP contribution in [0.15, 0.2) is 53.4 Å². The van der Waals surface area contributed by atoms with E-state index in [0.29, 0.717) is 11.3 Å². The zero-order valence-corrected chi connectivity index (χ0v) is 13.1. The molecule has 0 aliphatic rings. The van der Waals surface area contributed by atoms with Crippen LogP contribution < -0.4 is 15.4 Å². The van der Waals surface area contributed by atoms with Crippen molar-refractivity contribution in [3.05, 3.63) is 54.1 Å². The molecule has 0 bridgehead atoms. The van der Waals surface area contributed by atoms with Gasteiger partial charge in [-0.25, -0.2) is 13.6 Å². The Kier molecular flexibility index (Phi) is 4.48. The van der Waals surface area contributed by atoms with Crippen LogP contribution in [-0.4, -0.2) is 28.4 Å². The zero-order chi connectivity index (χ0) is 16.3. The van der Waals surface area contributed by atoms with Crippen molar-refractivity contribution in [1.29, 1.82) is 0 Å². The molecule has 3 N–H and O–H groups in total. The number of carbonyl (C=O) groups excluding carboxylic acids is 1. The number of rotatable bonds is 4. The second kappa shape index (κ2) is 6.17. The highest BCUT2D eigenvalue weighted by atomic mass is 32.2. The molecule has 22 heavy (non-hydrogen) atoms. The molecule has 6 nitrogen and oxygen atoms in total. The number of benzene rings is 2. The molecule has 0 saturated carbocycles. The molecular weight excluding hydrogens is 302 g/mol. The molecule has 0 unspecified atom stereocenters. The molecule has 7 heteroatoms. The Balaban J connectivity index is 2.18. The lowest BCUT2D eigenvalue weighted by Gasteiger charge is -2.12. The van der Waals surface area contributed by atoms with Crippen molar-refractivity contribution in [3.8, 4) is 0 Å². The number of sulfonamides is 1. The zero-order valence-electron chi connectivity index (χ0n) is 12.3. The first kappa shape index (κ1) is 16.0. The van der Waals surface area contributed by atoms with Gasteiger partial charge >= 0.3 is 0 Å². The van der Waals surface area contributed by atoms with Gasteiger partial charge in [0.1, 0.15) is 0 Å². The lowest BCUT2D eigenvalue weighted by Crippen LogP contribution is -2.15. The Hall–Kier alpha value is -2.38. The van der Waals surface area contributed by atoms with Crippen molar-refractivity contribution in [1.82, 2.24) is 0 Å². The molecule has 2 aromatic rings. The van der Waals surface area contributed by atoms with Crippen LogP contribution in [-0.2, 0) is 10.0 Å². The maximum atomic E-state index is 12.2. The molecule has 116 valence electrons. The summed E-state index contributed by atoms with van der Waals surface area (Å²) in [4.78, 5) is 14.0. The van der Waals surface area contributed by atoms with E-state index in [9.17, 15) is 13.2 Å². The summed E-state index contributed by atoms with van der Waals surface area (Å²) in [6, 6.07) is 12.9. The maximum absolute atomic E-state index is 12.2. The SMILES string of the molecule is CN(C)c1ccc(C(=O)Nc2cccc(S(N)(=O)=O)c2)cc1. The molecule has 0 spiro atoms. The smallest absolute Gasteiger partial charge is 0.255 e.